The number of rotatable bonds is 4. The predicted molar refractivity (Wildman–Crippen MR) is 78.0 cm³/mol. The van der Waals surface area contributed by atoms with E-state index in [1.807, 2.05) is 0 Å². The highest BCUT2D eigenvalue weighted by atomic mass is 15.1. The summed E-state index contributed by atoms with van der Waals surface area (Å²) in [5, 5.41) is 3.79. The summed E-state index contributed by atoms with van der Waals surface area (Å²) in [4.78, 5) is 4.94. The Labute approximate surface area is 113 Å². The molecular weight excluding hydrogens is 222 g/mol. The van der Waals surface area contributed by atoms with Gasteiger partial charge in [-0.15, -0.1) is 0 Å². The molecular formula is C15H31N3. The zero-order valence-electron chi connectivity index (χ0n) is 12.5. The van der Waals surface area contributed by atoms with Crippen molar-refractivity contribution in [3.8, 4) is 0 Å². The van der Waals surface area contributed by atoms with Gasteiger partial charge in [0.25, 0.3) is 0 Å². The fourth-order valence-electron chi connectivity index (χ4n) is 3.32. The smallest absolute Gasteiger partial charge is 0.00940 e. The van der Waals surface area contributed by atoms with Gasteiger partial charge < -0.3 is 15.1 Å². The van der Waals surface area contributed by atoms with Gasteiger partial charge in [-0.3, -0.25) is 0 Å². The van der Waals surface area contributed by atoms with Gasteiger partial charge in [-0.2, -0.15) is 0 Å². The maximum Gasteiger partial charge on any atom is 0.00940 e. The molecule has 0 amide bonds. The number of hydrogen-bond donors (Lipinski definition) is 1. The van der Waals surface area contributed by atoms with E-state index in [0.29, 0.717) is 0 Å². The molecule has 0 saturated carbocycles. The van der Waals surface area contributed by atoms with Crippen LogP contribution in [0.2, 0.25) is 0 Å². The van der Waals surface area contributed by atoms with Crippen LogP contribution in [0.1, 0.15) is 39.0 Å². The molecule has 0 aromatic carbocycles. The first-order chi connectivity index (χ1) is 8.65. The lowest BCUT2D eigenvalue weighted by Crippen LogP contribution is -2.46. The third-order valence-electron chi connectivity index (χ3n) is 5.03. The lowest BCUT2D eigenvalue weighted by Gasteiger charge is -2.36. The average Bonchev–Trinajstić information content (AvgIpc) is 2.36. The van der Waals surface area contributed by atoms with Crippen molar-refractivity contribution in [1.82, 2.24) is 15.1 Å². The summed E-state index contributed by atoms with van der Waals surface area (Å²) in [6, 6.07) is 1.52. The quantitative estimate of drug-likeness (QED) is 0.824. The Hall–Kier alpha value is -0.120. The van der Waals surface area contributed by atoms with E-state index in [0.717, 1.165) is 18.0 Å². The third-order valence-corrected chi connectivity index (χ3v) is 5.03. The molecule has 0 radical (unpaired) electrons. The Bertz CT molecular complexity index is 236. The Morgan fingerprint density at radius 1 is 1.06 bits per heavy atom. The Kier molecular flexibility index (Phi) is 5.46. The average molecular weight is 253 g/mol. The lowest BCUT2D eigenvalue weighted by molar-refractivity contribution is 0.164. The zero-order chi connectivity index (χ0) is 13.0. The van der Waals surface area contributed by atoms with E-state index >= 15 is 0 Å². The maximum absolute atomic E-state index is 3.79. The Morgan fingerprint density at radius 2 is 1.78 bits per heavy atom. The van der Waals surface area contributed by atoms with Crippen LogP contribution in [-0.4, -0.2) is 62.2 Å². The molecule has 18 heavy (non-hydrogen) atoms. The van der Waals surface area contributed by atoms with Gasteiger partial charge >= 0.3 is 0 Å². The second-order valence-electron chi connectivity index (χ2n) is 6.54. The lowest BCUT2D eigenvalue weighted by atomic mass is 9.93. The van der Waals surface area contributed by atoms with Crippen LogP contribution >= 0.6 is 0 Å². The monoisotopic (exact) mass is 253 g/mol. The highest BCUT2D eigenvalue weighted by Crippen LogP contribution is 2.20. The largest absolute Gasteiger partial charge is 0.314 e. The van der Waals surface area contributed by atoms with Gasteiger partial charge in [0.2, 0.25) is 0 Å². The fourth-order valence-corrected chi connectivity index (χ4v) is 3.32. The van der Waals surface area contributed by atoms with Gasteiger partial charge in [0.1, 0.15) is 0 Å². The Morgan fingerprint density at radius 3 is 2.44 bits per heavy atom. The van der Waals surface area contributed by atoms with Gasteiger partial charge in [-0.25, -0.2) is 0 Å². The first kappa shape index (κ1) is 14.3. The topological polar surface area (TPSA) is 18.5 Å². The minimum atomic E-state index is 0.750. The summed E-state index contributed by atoms with van der Waals surface area (Å²) in [6.07, 6.45) is 6.84. The second kappa shape index (κ2) is 6.88. The van der Waals surface area contributed by atoms with Crippen LogP contribution in [0.15, 0.2) is 0 Å². The second-order valence-corrected chi connectivity index (χ2v) is 6.54. The summed E-state index contributed by atoms with van der Waals surface area (Å²) < 4.78 is 0. The van der Waals surface area contributed by atoms with Crippen molar-refractivity contribution >= 4 is 0 Å². The molecule has 2 heterocycles. The number of hydrogen-bond acceptors (Lipinski definition) is 3. The van der Waals surface area contributed by atoms with Crippen LogP contribution < -0.4 is 5.32 Å². The molecule has 2 rings (SSSR count). The molecule has 0 bridgehead atoms. The number of nitrogens with zero attached hydrogens (tertiary/aromatic N) is 2. The van der Waals surface area contributed by atoms with Crippen LogP contribution in [0.4, 0.5) is 0 Å². The van der Waals surface area contributed by atoms with Gasteiger partial charge in [0.15, 0.2) is 0 Å². The van der Waals surface area contributed by atoms with E-state index in [4.69, 9.17) is 0 Å². The molecule has 2 aliphatic heterocycles. The van der Waals surface area contributed by atoms with Crippen LogP contribution in [0, 0.1) is 5.92 Å². The normalized spacial score (nSPS) is 32.8. The molecule has 2 aliphatic rings. The predicted octanol–water partition coefficient (Wildman–Crippen LogP) is 1.79. The molecule has 0 aromatic rings. The summed E-state index contributed by atoms with van der Waals surface area (Å²) in [6.45, 7) is 7.44. The first-order valence-corrected chi connectivity index (χ1v) is 7.77. The van der Waals surface area contributed by atoms with Crippen molar-refractivity contribution in [2.75, 3.05) is 40.3 Å². The van der Waals surface area contributed by atoms with Crippen LogP contribution in [0.3, 0.4) is 0 Å². The van der Waals surface area contributed by atoms with Crippen molar-refractivity contribution in [2.45, 2.75) is 51.1 Å². The molecule has 2 saturated heterocycles. The summed E-state index contributed by atoms with van der Waals surface area (Å²) in [5.41, 5.74) is 0. The van der Waals surface area contributed by atoms with Crippen molar-refractivity contribution in [2.24, 2.45) is 5.92 Å². The molecule has 0 aliphatic carbocycles. The fraction of sp³-hybridized carbons (Fsp3) is 1.00. The highest BCUT2D eigenvalue weighted by Gasteiger charge is 2.22. The molecule has 106 valence electrons. The van der Waals surface area contributed by atoms with Crippen LogP contribution in [0.5, 0.6) is 0 Å². The van der Waals surface area contributed by atoms with Crippen molar-refractivity contribution in [3.63, 3.8) is 0 Å². The first-order valence-electron chi connectivity index (χ1n) is 7.77. The van der Waals surface area contributed by atoms with Crippen LogP contribution in [-0.2, 0) is 0 Å². The Balaban J connectivity index is 1.58. The minimum absolute atomic E-state index is 0.750. The molecule has 3 nitrogen and oxygen atoms in total. The van der Waals surface area contributed by atoms with Crippen molar-refractivity contribution in [1.29, 1.82) is 0 Å². The molecule has 0 spiro atoms. The third kappa shape index (κ3) is 4.22. The van der Waals surface area contributed by atoms with Gasteiger partial charge in [-0.05, 0) is 85.2 Å². The molecule has 2 unspecified atom stereocenters. The standard InChI is InChI=1S/C15H31N3/c1-13-12-15(7-11-18(13)3)16-8-4-14-5-9-17(2)10-6-14/h13-16H,4-12H2,1-3H3. The SMILES string of the molecule is CC1CC(NCCC2CCN(C)CC2)CCN1C. The van der Waals surface area contributed by atoms with Gasteiger partial charge in [0, 0.05) is 12.1 Å². The molecule has 2 atom stereocenters. The van der Waals surface area contributed by atoms with Gasteiger partial charge in [0.05, 0.1) is 0 Å². The van der Waals surface area contributed by atoms with E-state index in [9.17, 15) is 0 Å². The molecule has 2 fully saturated rings. The number of nitrogens with one attached hydrogen (secondary N) is 1. The highest BCUT2D eigenvalue weighted by molar-refractivity contribution is 4.81. The minimum Gasteiger partial charge on any atom is -0.314 e. The molecule has 3 heteroatoms. The number of piperidine rings is 2. The van der Waals surface area contributed by atoms with E-state index in [1.54, 1.807) is 0 Å². The zero-order valence-corrected chi connectivity index (χ0v) is 12.5. The summed E-state index contributed by atoms with van der Waals surface area (Å²) in [7, 11) is 4.49. The van der Waals surface area contributed by atoms with Crippen LogP contribution in [0.25, 0.3) is 0 Å². The van der Waals surface area contributed by atoms with E-state index in [-0.39, 0.29) is 0 Å². The number of likely N-dealkylation sites (tertiary alicyclic amines) is 2. The molecule has 0 aromatic heterocycles. The maximum atomic E-state index is 3.79. The van der Waals surface area contributed by atoms with Crippen molar-refractivity contribution in [3.05, 3.63) is 0 Å². The summed E-state index contributed by atoms with van der Waals surface area (Å²) in [5.74, 6) is 0.970. The van der Waals surface area contributed by atoms with E-state index < -0.39 is 0 Å². The molecule has 1 N–H and O–H groups in total. The van der Waals surface area contributed by atoms with Crippen molar-refractivity contribution < 1.29 is 0 Å². The van der Waals surface area contributed by atoms with E-state index in [2.05, 4.69) is 36.1 Å². The van der Waals surface area contributed by atoms with Gasteiger partial charge in [-0.1, -0.05) is 0 Å². The van der Waals surface area contributed by atoms with E-state index in [1.165, 1.54) is 58.3 Å². The summed E-state index contributed by atoms with van der Waals surface area (Å²) >= 11 is 0.